The Labute approximate surface area is 164 Å². The summed E-state index contributed by atoms with van der Waals surface area (Å²) in [5.74, 6) is -0.241. The quantitative estimate of drug-likeness (QED) is 0.409. The standard InChI is InChI=1S/C23H22N4O/c24-14-19(23(28)27-13-5-7-17-6-1-4-10-22(17)27)15-25-12-11-18-16-26-21-9-3-2-8-20(18)21/h1-4,6,8-10,15-16,25-26H,5,7,11-13H2/b19-15-. The Balaban J connectivity index is 1.42. The highest BCUT2D eigenvalue weighted by atomic mass is 16.2. The van der Waals surface area contributed by atoms with Gasteiger partial charge in [0.2, 0.25) is 0 Å². The molecule has 0 atom stereocenters. The maximum atomic E-state index is 12.9. The number of aryl methyl sites for hydroxylation is 1. The molecule has 0 aliphatic carbocycles. The van der Waals surface area contributed by atoms with Crippen molar-refractivity contribution in [2.75, 3.05) is 18.0 Å². The second kappa shape index (κ2) is 8.01. The third kappa shape index (κ3) is 3.49. The van der Waals surface area contributed by atoms with E-state index in [0.29, 0.717) is 13.1 Å². The molecule has 1 aliphatic rings. The molecule has 1 amide bonds. The Morgan fingerprint density at radius 3 is 2.93 bits per heavy atom. The van der Waals surface area contributed by atoms with E-state index in [1.165, 1.54) is 10.9 Å². The average Bonchev–Trinajstić information content (AvgIpc) is 3.16. The Bertz CT molecular complexity index is 1070. The number of carbonyl (C=O) groups is 1. The first-order valence-corrected chi connectivity index (χ1v) is 9.56. The Morgan fingerprint density at radius 1 is 1.21 bits per heavy atom. The van der Waals surface area contributed by atoms with Gasteiger partial charge >= 0.3 is 0 Å². The summed E-state index contributed by atoms with van der Waals surface area (Å²) < 4.78 is 0. The van der Waals surface area contributed by atoms with Crippen LogP contribution in [-0.2, 0) is 17.6 Å². The van der Waals surface area contributed by atoms with Gasteiger partial charge in [0.05, 0.1) is 0 Å². The molecule has 5 nitrogen and oxygen atoms in total. The number of nitriles is 1. The number of amides is 1. The first kappa shape index (κ1) is 17.9. The Hall–Kier alpha value is -3.52. The van der Waals surface area contributed by atoms with E-state index in [2.05, 4.69) is 28.5 Å². The molecule has 2 aromatic carbocycles. The fraction of sp³-hybridized carbons (Fsp3) is 0.217. The molecule has 0 saturated heterocycles. The summed E-state index contributed by atoms with van der Waals surface area (Å²) in [5, 5.41) is 13.8. The molecule has 4 rings (SSSR count). The minimum atomic E-state index is -0.241. The Kier molecular flexibility index (Phi) is 5.11. The number of nitrogens with one attached hydrogen (secondary N) is 2. The van der Waals surface area contributed by atoms with Crippen LogP contribution in [0.25, 0.3) is 10.9 Å². The number of aromatic amines is 1. The van der Waals surface area contributed by atoms with Crippen molar-refractivity contribution in [3.05, 3.63) is 77.6 Å². The molecule has 1 aromatic heterocycles. The normalized spacial score (nSPS) is 13.8. The summed E-state index contributed by atoms with van der Waals surface area (Å²) >= 11 is 0. The van der Waals surface area contributed by atoms with Gasteiger partial charge in [0.15, 0.2) is 0 Å². The van der Waals surface area contributed by atoms with Gasteiger partial charge in [-0.3, -0.25) is 4.79 Å². The zero-order valence-corrected chi connectivity index (χ0v) is 15.6. The number of anilines is 1. The largest absolute Gasteiger partial charge is 0.389 e. The van der Waals surface area contributed by atoms with Crippen molar-refractivity contribution in [3.8, 4) is 6.07 Å². The molecule has 0 radical (unpaired) electrons. The molecule has 140 valence electrons. The number of hydrogen-bond donors (Lipinski definition) is 2. The molecule has 1 aliphatic heterocycles. The maximum Gasteiger partial charge on any atom is 0.270 e. The van der Waals surface area contributed by atoms with Crippen molar-refractivity contribution < 1.29 is 4.79 Å². The summed E-state index contributed by atoms with van der Waals surface area (Å²) in [7, 11) is 0. The topological polar surface area (TPSA) is 71.9 Å². The average molecular weight is 370 g/mol. The van der Waals surface area contributed by atoms with Crippen LogP contribution in [0, 0.1) is 11.3 Å². The number of fused-ring (bicyclic) bond motifs is 2. The lowest BCUT2D eigenvalue weighted by Crippen LogP contribution is -2.36. The molecule has 0 unspecified atom stereocenters. The van der Waals surface area contributed by atoms with Crippen molar-refractivity contribution in [3.63, 3.8) is 0 Å². The van der Waals surface area contributed by atoms with Crippen LogP contribution >= 0.6 is 0 Å². The molecule has 28 heavy (non-hydrogen) atoms. The van der Waals surface area contributed by atoms with Gasteiger partial charge in [0, 0.05) is 42.1 Å². The van der Waals surface area contributed by atoms with Gasteiger partial charge in [-0.1, -0.05) is 36.4 Å². The minimum Gasteiger partial charge on any atom is -0.389 e. The number of aromatic nitrogens is 1. The van der Waals surface area contributed by atoms with Gasteiger partial charge in [-0.15, -0.1) is 0 Å². The van der Waals surface area contributed by atoms with Gasteiger partial charge < -0.3 is 15.2 Å². The first-order valence-electron chi connectivity index (χ1n) is 9.56. The summed E-state index contributed by atoms with van der Waals surface area (Å²) in [6.07, 6.45) is 6.25. The SMILES string of the molecule is N#C/C(=C/NCCc1c[nH]c2ccccc12)C(=O)N1CCCc2ccccc21. The number of carbonyl (C=O) groups excluding carboxylic acids is 1. The zero-order valence-electron chi connectivity index (χ0n) is 15.6. The van der Waals surface area contributed by atoms with E-state index in [1.54, 1.807) is 11.1 Å². The molecule has 0 spiro atoms. The predicted molar refractivity (Wildman–Crippen MR) is 111 cm³/mol. The predicted octanol–water partition coefficient (Wildman–Crippen LogP) is 3.69. The minimum absolute atomic E-state index is 0.135. The van der Waals surface area contributed by atoms with Crippen LogP contribution in [0.1, 0.15) is 17.5 Å². The smallest absolute Gasteiger partial charge is 0.270 e. The van der Waals surface area contributed by atoms with Gasteiger partial charge in [-0.2, -0.15) is 5.26 Å². The molecule has 2 N–H and O–H groups in total. The summed E-state index contributed by atoms with van der Waals surface area (Å²) in [6.45, 7) is 1.29. The highest BCUT2D eigenvalue weighted by molar-refractivity contribution is 6.08. The molecule has 2 heterocycles. The van der Waals surface area contributed by atoms with Crippen molar-refractivity contribution in [1.29, 1.82) is 5.26 Å². The van der Waals surface area contributed by atoms with E-state index >= 15 is 0 Å². The van der Waals surface area contributed by atoms with Crippen LogP contribution in [0.4, 0.5) is 5.69 Å². The van der Waals surface area contributed by atoms with E-state index < -0.39 is 0 Å². The van der Waals surface area contributed by atoms with Gasteiger partial charge in [0.25, 0.3) is 5.91 Å². The summed E-state index contributed by atoms with van der Waals surface area (Å²) in [4.78, 5) is 17.9. The lowest BCUT2D eigenvalue weighted by molar-refractivity contribution is -0.114. The summed E-state index contributed by atoms with van der Waals surface area (Å²) in [5.41, 5.74) is 4.54. The third-order valence-electron chi connectivity index (χ3n) is 5.17. The van der Waals surface area contributed by atoms with E-state index in [9.17, 15) is 10.1 Å². The van der Waals surface area contributed by atoms with Crippen LogP contribution in [0.15, 0.2) is 66.5 Å². The van der Waals surface area contributed by atoms with Crippen molar-refractivity contribution >= 4 is 22.5 Å². The second-order valence-corrected chi connectivity index (χ2v) is 6.92. The number of nitrogens with zero attached hydrogens (tertiary/aromatic N) is 2. The lowest BCUT2D eigenvalue weighted by atomic mass is 10.0. The number of hydrogen-bond acceptors (Lipinski definition) is 3. The fourth-order valence-corrected chi connectivity index (χ4v) is 3.75. The van der Waals surface area contributed by atoms with Crippen molar-refractivity contribution in [2.45, 2.75) is 19.3 Å². The number of rotatable bonds is 5. The van der Waals surface area contributed by atoms with Crippen LogP contribution in [0.5, 0.6) is 0 Å². The van der Waals surface area contributed by atoms with Crippen molar-refractivity contribution in [1.82, 2.24) is 10.3 Å². The first-order chi connectivity index (χ1) is 13.8. The number of benzene rings is 2. The monoisotopic (exact) mass is 370 g/mol. The van der Waals surface area contributed by atoms with Gasteiger partial charge in [-0.05, 0) is 42.5 Å². The highest BCUT2D eigenvalue weighted by Gasteiger charge is 2.24. The molecule has 0 saturated carbocycles. The van der Waals surface area contributed by atoms with Crippen LogP contribution < -0.4 is 10.2 Å². The van der Waals surface area contributed by atoms with E-state index in [1.807, 2.05) is 42.6 Å². The summed E-state index contributed by atoms with van der Waals surface area (Å²) in [6, 6.07) is 18.1. The van der Waals surface area contributed by atoms with Crippen LogP contribution in [0.2, 0.25) is 0 Å². The molecular formula is C23H22N4O. The van der Waals surface area contributed by atoms with Crippen molar-refractivity contribution in [2.24, 2.45) is 0 Å². The molecule has 0 bridgehead atoms. The van der Waals surface area contributed by atoms with E-state index in [0.717, 1.165) is 36.0 Å². The van der Waals surface area contributed by atoms with Crippen LogP contribution in [-0.4, -0.2) is 24.0 Å². The van der Waals surface area contributed by atoms with Gasteiger partial charge in [-0.25, -0.2) is 0 Å². The fourth-order valence-electron chi connectivity index (χ4n) is 3.75. The zero-order chi connectivity index (χ0) is 19.3. The Morgan fingerprint density at radius 2 is 2.04 bits per heavy atom. The van der Waals surface area contributed by atoms with Crippen LogP contribution in [0.3, 0.4) is 0 Å². The number of H-pyrrole nitrogens is 1. The van der Waals surface area contributed by atoms with E-state index in [4.69, 9.17) is 0 Å². The van der Waals surface area contributed by atoms with E-state index in [-0.39, 0.29) is 11.5 Å². The molecule has 5 heteroatoms. The highest BCUT2D eigenvalue weighted by Crippen LogP contribution is 2.27. The molecular weight excluding hydrogens is 348 g/mol. The second-order valence-electron chi connectivity index (χ2n) is 6.92. The third-order valence-corrected chi connectivity index (χ3v) is 5.17. The molecule has 0 fully saturated rings. The number of para-hydroxylation sites is 2. The lowest BCUT2D eigenvalue weighted by Gasteiger charge is -2.29. The van der Waals surface area contributed by atoms with Gasteiger partial charge in [0.1, 0.15) is 11.6 Å². The molecule has 3 aromatic rings. The maximum absolute atomic E-state index is 12.9.